The highest BCUT2D eigenvalue weighted by Gasteiger charge is 2.38. The quantitative estimate of drug-likeness (QED) is 0.632. The van der Waals surface area contributed by atoms with Crippen LogP contribution in [0.25, 0.3) is 0 Å². The van der Waals surface area contributed by atoms with E-state index in [1.54, 1.807) is 6.92 Å². The maximum absolute atomic E-state index is 11.7. The average Bonchev–Trinajstić information content (AvgIpc) is 2.71. The largest absolute Gasteiger partial charge is 0.390 e. The van der Waals surface area contributed by atoms with Gasteiger partial charge in [0, 0.05) is 18.2 Å². The molecule has 1 aliphatic heterocycles. The van der Waals surface area contributed by atoms with Gasteiger partial charge in [0.1, 0.15) is 6.23 Å². The number of aliphatic hydroxyl groups is 1. The standard InChI is InChI=1S/C11H14N2O5S/c1-2-5-4-13(11(17)12-9(5)15)7-3-6(14)8(18-7)10(16)19/h4,6-8,14H,2-3H2,1H3,(H,16,19)(H,12,15,17)/t6-,7+,8-/m0/s1. The summed E-state index contributed by atoms with van der Waals surface area (Å²) in [6, 6.07) is 0. The minimum absolute atomic E-state index is 0.0894. The molecule has 2 heterocycles. The molecule has 104 valence electrons. The second kappa shape index (κ2) is 5.32. The Balaban J connectivity index is 2.36. The fourth-order valence-corrected chi connectivity index (χ4v) is 2.27. The first kappa shape index (κ1) is 14.0. The topological polar surface area (TPSA) is 101 Å². The Bertz CT molecular complexity index is 608. The van der Waals surface area contributed by atoms with Crippen molar-refractivity contribution in [1.82, 2.24) is 9.55 Å². The lowest BCUT2D eigenvalue weighted by Gasteiger charge is -2.14. The van der Waals surface area contributed by atoms with Crippen LogP contribution in [-0.4, -0.2) is 32.0 Å². The predicted molar refractivity (Wildman–Crippen MR) is 69.2 cm³/mol. The molecule has 0 aromatic carbocycles. The van der Waals surface area contributed by atoms with E-state index in [2.05, 4.69) is 17.6 Å². The van der Waals surface area contributed by atoms with E-state index >= 15 is 0 Å². The number of H-pyrrole nitrogens is 1. The summed E-state index contributed by atoms with van der Waals surface area (Å²) < 4.78 is 6.49. The van der Waals surface area contributed by atoms with Gasteiger partial charge in [-0.05, 0) is 6.42 Å². The number of thiol groups is 1. The fourth-order valence-electron chi connectivity index (χ4n) is 2.04. The first-order valence-corrected chi connectivity index (χ1v) is 6.29. The number of nitrogens with zero attached hydrogens (tertiary/aromatic N) is 1. The summed E-state index contributed by atoms with van der Waals surface area (Å²) in [5, 5.41) is 9.09. The van der Waals surface area contributed by atoms with Gasteiger partial charge in [0.2, 0.25) is 5.12 Å². The van der Waals surface area contributed by atoms with E-state index in [9.17, 15) is 19.5 Å². The molecular weight excluding hydrogens is 272 g/mol. The lowest BCUT2D eigenvalue weighted by molar-refractivity contribution is -0.126. The number of carbonyl (C=O) groups excluding carboxylic acids is 1. The summed E-state index contributed by atoms with van der Waals surface area (Å²) in [7, 11) is 0. The Kier molecular flexibility index (Phi) is 3.93. The van der Waals surface area contributed by atoms with Gasteiger partial charge in [-0.15, -0.1) is 12.6 Å². The molecular formula is C11H14N2O5S. The number of ether oxygens (including phenoxy) is 1. The molecule has 8 heteroatoms. The molecule has 0 aliphatic carbocycles. The molecule has 0 bridgehead atoms. The normalized spacial score (nSPS) is 26.6. The summed E-state index contributed by atoms with van der Waals surface area (Å²) in [6.07, 6.45) is -0.919. The minimum atomic E-state index is -1.06. The third-order valence-electron chi connectivity index (χ3n) is 3.07. The van der Waals surface area contributed by atoms with E-state index in [-0.39, 0.29) is 6.42 Å². The molecule has 0 radical (unpaired) electrons. The zero-order valence-corrected chi connectivity index (χ0v) is 11.1. The summed E-state index contributed by atoms with van der Waals surface area (Å²) in [5.74, 6) is 0. The lowest BCUT2D eigenvalue weighted by atomic mass is 10.2. The van der Waals surface area contributed by atoms with E-state index in [4.69, 9.17) is 4.74 Å². The van der Waals surface area contributed by atoms with Crippen molar-refractivity contribution < 1.29 is 14.6 Å². The van der Waals surface area contributed by atoms with Gasteiger partial charge in [-0.3, -0.25) is 19.1 Å². The van der Waals surface area contributed by atoms with Crippen LogP contribution in [0.2, 0.25) is 0 Å². The van der Waals surface area contributed by atoms with Crippen LogP contribution in [0.15, 0.2) is 15.8 Å². The molecule has 7 nitrogen and oxygen atoms in total. The zero-order valence-electron chi connectivity index (χ0n) is 10.2. The van der Waals surface area contributed by atoms with Gasteiger partial charge >= 0.3 is 5.69 Å². The number of hydrogen-bond acceptors (Lipinski definition) is 5. The van der Waals surface area contributed by atoms with Crippen molar-refractivity contribution in [2.75, 3.05) is 0 Å². The molecule has 0 saturated carbocycles. The monoisotopic (exact) mass is 286 g/mol. The molecule has 1 saturated heterocycles. The number of carbonyl (C=O) groups is 1. The lowest BCUT2D eigenvalue weighted by Crippen LogP contribution is -2.34. The van der Waals surface area contributed by atoms with E-state index in [1.807, 2.05) is 0 Å². The highest BCUT2D eigenvalue weighted by atomic mass is 32.1. The molecule has 2 N–H and O–H groups in total. The van der Waals surface area contributed by atoms with E-state index in [0.29, 0.717) is 12.0 Å². The van der Waals surface area contributed by atoms with Gasteiger partial charge in [0.15, 0.2) is 6.10 Å². The first-order chi connectivity index (χ1) is 8.93. The molecule has 0 unspecified atom stereocenters. The predicted octanol–water partition coefficient (Wildman–Crippen LogP) is -0.796. The number of aryl methyl sites for hydroxylation is 1. The Morgan fingerprint density at radius 3 is 2.84 bits per heavy atom. The molecule has 0 spiro atoms. The van der Waals surface area contributed by atoms with Gasteiger partial charge in [0.05, 0.1) is 6.10 Å². The van der Waals surface area contributed by atoms with Crippen LogP contribution >= 0.6 is 12.6 Å². The average molecular weight is 286 g/mol. The Morgan fingerprint density at radius 2 is 2.32 bits per heavy atom. The first-order valence-electron chi connectivity index (χ1n) is 5.84. The van der Waals surface area contributed by atoms with Crippen LogP contribution in [0.3, 0.4) is 0 Å². The molecule has 3 atom stereocenters. The molecule has 1 aliphatic rings. The van der Waals surface area contributed by atoms with Crippen molar-refractivity contribution in [2.45, 2.75) is 38.2 Å². The molecule has 19 heavy (non-hydrogen) atoms. The molecule has 0 amide bonds. The summed E-state index contributed by atoms with van der Waals surface area (Å²) in [4.78, 5) is 36.5. The van der Waals surface area contributed by atoms with Crippen molar-refractivity contribution in [1.29, 1.82) is 0 Å². The highest BCUT2D eigenvalue weighted by Crippen LogP contribution is 2.28. The van der Waals surface area contributed by atoms with E-state index < -0.39 is 34.8 Å². The molecule has 2 rings (SSSR count). The number of hydrogen-bond donors (Lipinski definition) is 3. The van der Waals surface area contributed by atoms with Gasteiger partial charge in [-0.25, -0.2) is 4.79 Å². The number of aromatic amines is 1. The van der Waals surface area contributed by atoms with Crippen molar-refractivity contribution >= 4 is 17.7 Å². The summed E-state index contributed by atoms with van der Waals surface area (Å²) in [5.41, 5.74) is -0.644. The van der Waals surface area contributed by atoms with Crippen molar-refractivity contribution in [2.24, 2.45) is 0 Å². The molecule has 1 aromatic rings. The second-order valence-electron chi connectivity index (χ2n) is 4.33. The fraction of sp³-hybridized carbons (Fsp3) is 0.545. The maximum Gasteiger partial charge on any atom is 0.330 e. The van der Waals surface area contributed by atoms with Crippen LogP contribution in [-0.2, 0) is 16.0 Å². The SMILES string of the molecule is CCc1cn([C@H]2C[C@H](O)[C@@H](C(=O)S)O2)c(=O)[nH]c1=O. The molecule has 1 aromatic heterocycles. The number of aliphatic hydroxyl groups excluding tert-OH is 1. The van der Waals surface area contributed by atoms with Crippen molar-refractivity contribution in [3.63, 3.8) is 0 Å². The minimum Gasteiger partial charge on any atom is -0.390 e. The second-order valence-corrected chi connectivity index (χ2v) is 4.77. The van der Waals surface area contributed by atoms with Crippen molar-refractivity contribution in [3.05, 3.63) is 32.6 Å². The zero-order chi connectivity index (χ0) is 14.2. The van der Waals surface area contributed by atoms with Crippen LogP contribution in [0, 0.1) is 0 Å². The van der Waals surface area contributed by atoms with Crippen LogP contribution in [0.4, 0.5) is 0 Å². The Labute approximate surface area is 113 Å². The van der Waals surface area contributed by atoms with Crippen LogP contribution in [0.1, 0.15) is 25.1 Å². The Morgan fingerprint density at radius 1 is 1.63 bits per heavy atom. The van der Waals surface area contributed by atoms with Gasteiger partial charge in [-0.1, -0.05) is 6.92 Å². The third-order valence-corrected chi connectivity index (χ3v) is 3.33. The van der Waals surface area contributed by atoms with Gasteiger partial charge in [-0.2, -0.15) is 0 Å². The third kappa shape index (κ3) is 2.65. The van der Waals surface area contributed by atoms with Gasteiger partial charge in [0.25, 0.3) is 5.56 Å². The smallest absolute Gasteiger partial charge is 0.330 e. The molecule has 1 fully saturated rings. The number of aromatic nitrogens is 2. The summed E-state index contributed by atoms with van der Waals surface area (Å²) in [6.45, 7) is 1.78. The Hall–Kier alpha value is -1.38. The number of nitrogens with one attached hydrogen (secondary N) is 1. The van der Waals surface area contributed by atoms with Gasteiger partial charge < -0.3 is 9.84 Å². The van der Waals surface area contributed by atoms with Crippen LogP contribution in [0.5, 0.6) is 0 Å². The summed E-state index contributed by atoms with van der Waals surface area (Å²) >= 11 is 3.62. The maximum atomic E-state index is 11.7. The van der Waals surface area contributed by atoms with E-state index in [1.165, 1.54) is 10.8 Å². The highest BCUT2D eigenvalue weighted by molar-refractivity contribution is 7.96. The number of rotatable bonds is 3. The van der Waals surface area contributed by atoms with E-state index in [0.717, 1.165) is 0 Å². The van der Waals surface area contributed by atoms with Crippen molar-refractivity contribution in [3.8, 4) is 0 Å². The van der Waals surface area contributed by atoms with Crippen LogP contribution < -0.4 is 11.2 Å².